The smallest absolute Gasteiger partial charge is 0.176 e. The van der Waals surface area contributed by atoms with E-state index in [-0.39, 0.29) is 51.8 Å². The molecule has 0 fully saturated rings. The zero-order valence-corrected chi connectivity index (χ0v) is 11.0. The standard InChI is InChI=1S/C15H14O5/c1-6-7(2)20-11-4-8-3-9(16)5-10(17)12(8)15(19)13(11)14(6)18/h3-7,16-17,19H,1-2H3/t6-,7-/m1/s1. The fourth-order valence-corrected chi connectivity index (χ4v) is 2.53. The van der Waals surface area contributed by atoms with Crippen LogP contribution >= 0.6 is 0 Å². The zero-order chi connectivity index (χ0) is 14.6. The van der Waals surface area contributed by atoms with Gasteiger partial charge in [0.05, 0.1) is 11.3 Å². The van der Waals surface area contributed by atoms with Gasteiger partial charge in [0.25, 0.3) is 0 Å². The van der Waals surface area contributed by atoms with Gasteiger partial charge in [0.2, 0.25) is 0 Å². The van der Waals surface area contributed by atoms with Crippen LogP contribution in [-0.4, -0.2) is 27.2 Å². The number of phenols is 3. The summed E-state index contributed by atoms with van der Waals surface area (Å²) in [7, 11) is 0. The molecule has 20 heavy (non-hydrogen) atoms. The molecule has 1 heterocycles. The predicted molar refractivity (Wildman–Crippen MR) is 72.5 cm³/mol. The van der Waals surface area contributed by atoms with Gasteiger partial charge in [0.15, 0.2) is 5.78 Å². The Morgan fingerprint density at radius 3 is 2.50 bits per heavy atom. The Morgan fingerprint density at radius 2 is 1.80 bits per heavy atom. The second-order valence-electron chi connectivity index (χ2n) is 5.14. The molecule has 0 saturated carbocycles. The fraction of sp³-hybridized carbons (Fsp3) is 0.267. The lowest BCUT2D eigenvalue weighted by Crippen LogP contribution is -2.33. The monoisotopic (exact) mass is 274 g/mol. The third kappa shape index (κ3) is 1.59. The molecule has 0 aliphatic carbocycles. The van der Waals surface area contributed by atoms with Crippen molar-refractivity contribution in [2.24, 2.45) is 5.92 Å². The number of aromatic hydroxyl groups is 3. The Kier molecular flexibility index (Phi) is 2.54. The van der Waals surface area contributed by atoms with Gasteiger partial charge in [-0.15, -0.1) is 0 Å². The lowest BCUT2D eigenvalue weighted by molar-refractivity contribution is 0.0726. The first-order chi connectivity index (χ1) is 9.40. The van der Waals surface area contributed by atoms with E-state index in [1.54, 1.807) is 19.9 Å². The first-order valence-corrected chi connectivity index (χ1v) is 6.32. The molecule has 3 N–H and O–H groups in total. The molecule has 0 radical (unpaired) electrons. The Balaban J connectivity index is 2.38. The van der Waals surface area contributed by atoms with Gasteiger partial charge in [-0.1, -0.05) is 6.92 Å². The van der Waals surface area contributed by atoms with Gasteiger partial charge in [-0.2, -0.15) is 0 Å². The summed E-state index contributed by atoms with van der Waals surface area (Å²) in [5.41, 5.74) is 0.0871. The quantitative estimate of drug-likeness (QED) is 0.687. The number of phenolic OH excluding ortho intramolecular Hbond substituents is 3. The van der Waals surface area contributed by atoms with Crippen molar-refractivity contribution in [2.45, 2.75) is 20.0 Å². The highest BCUT2D eigenvalue weighted by Crippen LogP contribution is 2.45. The summed E-state index contributed by atoms with van der Waals surface area (Å²) in [4.78, 5) is 12.3. The maximum atomic E-state index is 12.3. The van der Waals surface area contributed by atoms with E-state index in [1.807, 2.05) is 0 Å². The predicted octanol–water partition coefficient (Wildman–Crippen LogP) is 2.56. The van der Waals surface area contributed by atoms with E-state index in [4.69, 9.17) is 4.74 Å². The van der Waals surface area contributed by atoms with Crippen molar-refractivity contribution in [1.29, 1.82) is 0 Å². The molecule has 104 valence electrons. The van der Waals surface area contributed by atoms with Crippen LogP contribution in [0.5, 0.6) is 23.0 Å². The van der Waals surface area contributed by atoms with E-state index in [9.17, 15) is 20.1 Å². The summed E-state index contributed by atoms with van der Waals surface area (Å²) in [6, 6.07) is 4.06. The third-order valence-corrected chi connectivity index (χ3v) is 3.82. The maximum Gasteiger partial charge on any atom is 0.176 e. The number of carbonyl (C=O) groups is 1. The Labute approximate surface area is 115 Å². The minimum absolute atomic E-state index is 0.0871. The normalized spacial score (nSPS) is 21.6. The summed E-state index contributed by atoms with van der Waals surface area (Å²) in [5.74, 6) is -1.03. The van der Waals surface area contributed by atoms with Gasteiger partial charge in [-0.3, -0.25) is 4.79 Å². The van der Waals surface area contributed by atoms with Crippen molar-refractivity contribution in [3.05, 3.63) is 23.8 Å². The Bertz CT molecular complexity index is 735. The number of carbonyl (C=O) groups excluding carboxylic acids is 1. The molecule has 0 amide bonds. The van der Waals surface area contributed by atoms with E-state index in [2.05, 4.69) is 0 Å². The SMILES string of the molecule is C[C@H]1Oc2cc3cc(O)cc(O)c3c(O)c2C(=O)[C@@H]1C. The molecular formula is C15H14O5. The molecule has 2 aromatic carbocycles. The van der Waals surface area contributed by atoms with Crippen molar-refractivity contribution in [3.63, 3.8) is 0 Å². The number of hydrogen-bond donors (Lipinski definition) is 3. The Hall–Kier alpha value is -2.43. The highest BCUT2D eigenvalue weighted by Gasteiger charge is 2.34. The summed E-state index contributed by atoms with van der Waals surface area (Å²) in [6.45, 7) is 3.52. The second-order valence-corrected chi connectivity index (χ2v) is 5.14. The van der Waals surface area contributed by atoms with Crippen LogP contribution in [-0.2, 0) is 0 Å². The minimum atomic E-state index is -0.370. The van der Waals surface area contributed by atoms with Gasteiger partial charge in [0, 0.05) is 6.07 Å². The summed E-state index contributed by atoms with van der Waals surface area (Å²) in [6.07, 6.45) is -0.294. The highest BCUT2D eigenvalue weighted by atomic mass is 16.5. The summed E-state index contributed by atoms with van der Waals surface area (Å²) < 4.78 is 5.64. The van der Waals surface area contributed by atoms with Crippen LogP contribution < -0.4 is 4.74 Å². The molecule has 0 spiro atoms. The van der Waals surface area contributed by atoms with Crippen LogP contribution in [0.1, 0.15) is 24.2 Å². The number of ketones is 1. The van der Waals surface area contributed by atoms with Crippen LogP contribution in [0, 0.1) is 5.92 Å². The average molecular weight is 274 g/mol. The number of ether oxygens (including phenoxy) is 1. The zero-order valence-electron chi connectivity index (χ0n) is 11.0. The van der Waals surface area contributed by atoms with Crippen molar-refractivity contribution in [3.8, 4) is 23.0 Å². The van der Waals surface area contributed by atoms with Gasteiger partial charge >= 0.3 is 0 Å². The molecule has 5 nitrogen and oxygen atoms in total. The number of fused-ring (bicyclic) bond motifs is 2. The molecule has 1 aliphatic rings. The first-order valence-electron chi connectivity index (χ1n) is 6.32. The molecule has 0 bridgehead atoms. The van der Waals surface area contributed by atoms with E-state index in [0.29, 0.717) is 5.39 Å². The van der Waals surface area contributed by atoms with E-state index < -0.39 is 0 Å². The largest absolute Gasteiger partial charge is 0.508 e. The average Bonchev–Trinajstić information content (AvgIpc) is 2.34. The minimum Gasteiger partial charge on any atom is -0.508 e. The molecule has 0 saturated heterocycles. The van der Waals surface area contributed by atoms with Crippen LogP contribution in [0.15, 0.2) is 18.2 Å². The van der Waals surface area contributed by atoms with Gasteiger partial charge in [-0.25, -0.2) is 0 Å². The number of hydrogen-bond acceptors (Lipinski definition) is 5. The number of Topliss-reactive ketones (excluding diaryl/α,β-unsaturated/α-hetero) is 1. The molecule has 0 aromatic heterocycles. The van der Waals surface area contributed by atoms with E-state index >= 15 is 0 Å². The maximum absolute atomic E-state index is 12.3. The van der Waals surface area contributed by atoms with Crippen molar-refractivity contribution in [2.75, 3.05) is 0 Å². The topological polar surface area (TPSA) is 87.0 Å². The second kappa shape index (κ2) is 4.03. The van der Waals surface area contributed by atoms with E-state index in [1.165, 1.54) is 6.07 Å². The molecule has 3 rings (SSSR count). The van der Waals surface area contributed by atoms with E-state index in [0.717, 1.165) is 6.07 Å². The Morgan fingerprint density at radius 1 is 1.10 bits per heavy atom. The molecule has 2 atom stereocenters. The van der Waals surface area contributed by atoms with Crippen molar-refractivity contribution in [1.82, 2.24) is 0 Å². The summed E-state index contributed by atoms with van der Waals surface area (Å²) in [5, 5.41) is 30.2. The highest BCUT2D eigenvalue weighted by molar-refractivity contribution is 6.10. The molecular weight excluding hydrogens is 260 g/mol. The number of benzene rings is 2. The third-order valence-electron chi connectivity index (χ3n) is 3.82. The summed E-state index contributed by atoms with van der Waals surface area (Å²) >= 11 is 0. The van der Waals surface area contributed by atoms with Gasteiger partial charge in [-0.05, 0) is 24.4 Å². The molecule has 2 aromatic rings. The lowest BCUT2D eigenvalue weighted by Gasteiger charge is -2.28. The van der Waals surface area contributed by atoms with Gasteiger partial charge in [0.1, 0.15) is 34.7 Å². The van der Waals surface area contributed by atoms with Gasteiger partial charge < -0.3 is 20.1 Å². The molecule has 0 unspecified atom stereocenters. The van der Waals surface area contributed by atoms with Crippen LogP contribution in [0.4, 0.5) is 0 Å². The first kappa shape index (κ1) is 12.6. The molecule has 5 heteroatoms. The number of rotatable bonds is 0. The van der Waals surface area contributed by atoms with Crippen molar-refractivity contribution >= 4 is 16.6 Å². The molecule has 1 aliphatic heterocycles. The lowest BCUT2D eigenvalue weighted by atomic mass is 9.89. The van der Waals surface area contributed by atoms with Crippen molar-refractivity contribution < 1.29 is 24.9 Å². The fourth-order valence-electron chi connectivity index (χ4n) is 2.53. The van der Waals surface area contributed by atoms with Crippen LogP contribution in [0.2, 0.25) is 0 Å². The van der Waals surface area contributed by atoms with Crippen LogP contribution in [0.3, 0.4) is 0 Å². The van der Waals surface area contributed by atoms with Crippen LogP contribution in [0.25, 0.3) is 10.8 Å².